The van der Waals surface area contributed by atoms with E-state index in [1.807, 2.05) is 36.5 Å². The quantitative estimate of drug-likeness (QED) is 0.309. The van der Waals surface area contributed by atoms with Crippen LogP contribution in [0.5, 0.6) is 0 Å². The van der Waals surface area contributed by atoms with E-state index in [9.17, 15) is 18.7 Å². The third kappa shape index (κ3) is 4.16. The van der Waals surface area contributed by atoms with Crippen molar-refractivity contribution in [3.63, 3.8) is 0 Å². The van der Waals surface area contributed by atoms with Crippen LogP contribution in [0.2, 0.25) is 0 Å². The van der Waals surface area contributed by atoms with Gasteiger partial charge in [-0.05, 0) is 62.3 Å². The van der Waals surface area contributed by atoms with Crippen LogP contribution in [0, 0.1) is 0 Å². The summed E-state index contributed by atoms with van der Waals surface area (Å²) in [7, 11) is 0. The topological polar surface area (TPSA) is 107 Å². The molecule has 2 aromatic heterocycles. The van der Waals surface area contributed by atoms with Gasteiger partial charge in [0.05, 0.1) is 5.69 Å². The molecule has 0 aliphatic heterocycles. The van der Waals surface area contributed by atoms with E-state index < -0.39 is 23.3 Å². The number of nitrogens with one attached hydrogen (secondary N) is 1. The molecule has 4 aromatic rings. The zero-order valence-electron chi connectivity index (χ0n) is 18.1. The molecule has 172 valence electrons. The van der Waals surface area contributed by atoms with Gasteiger partial charge < -0.3 is 14.5 Å². The molecule has 0 saturated heterocycles. The van der Waals surface area contributed by atoms with Crippen molar-refractivity contribution in [1.82, 2.24) is 4.98 Å². The summed E-state index contributed by atoms with van der Waals surface area (Å²) in [5.41, 5.74) is 4.35. The molecule has 7 nitrogen and oxygen atoms in total. The Morgan fingerprint density at radius 1 is 1.15 bits per heavy atom. The van der Waals surface area contributed by atoms with E-state index in [0.717, 1.165) is 57.6 Å². The molecule has 0 radical (unpaired) electrons. The lowest BCUT2D eigenvalue weighted by Crippen LogP contribution is -2.42. The van der Waals surface area contributed by atoms with Gasteiger partial charge in [-0.1, -0.05) is 18.2 Å². The summed E-state index contributed by atoms with van der Waals surface area (Å²) in [5.74, 6) is -0.159. The summed E-state index contributed by atoms with van der Waals surface area (Å²) in [6, 6.07) is 12.1. The molecule has 0 fully saturated rings. The van der Waals surface area contributed by atoms with Crippen molar-refractivity contribution in [1.29, 1.82) is 0 Å². The third-order valence-corrected chi connectivity index (χ3v) is 7.33. The van der Waals surface area contributed by atoms with Gasteiger partial charge in [-0.15, -0.1) is 0 Å². The van der Waals surface area contributed by atoms with Gasteiger partial charge in [0.15, 0.2) is 0 Å². The van der Waals surface area contributed by atoms with Crippen LogP contribution in [0.25, 0.3) is 21.9 Å². The predicted molar refractivity (Wildman–Crippen MR) is 129 cm³/mol. The molecule has 0 bridgehead atoms. The van der Waals surface area contributed by atoms with Crippen LogP contribution in [0.15, 0.2) is 53.1 Å². The smallest absolute Gasteiger partial charge is 0.327 e. The molecule has 5 rings (SSSR count). The number of hydrogen-bond acceptors (Lipinski definition) is 3. The van der Waals surface area contributed by atoms with Crippen LogP contribution in [0.4, 0.5) is 5.69 Å². The fraction of sp³-hybridized carbons (Fsp3) is 0.320. The van der Waals surface area contributed by atoms with Crippen LogP contribution in [0.3, 0.4) is 0 Å². The van der Waals surface area contributed by atoms with Gasteiger partial charge in [0.1, 0.15) is 17.4 Å². The second-order valence-electron chi connectivity index (χ2n) is 8.55. The number of furan rings is 1. The van der Waals surface area contributed by atoms with E-state index >= 15 is 0 Å². The van der Waals surface area contributed by atoms with Crippen molar-refractivity contribution in [2.75, 3.05) is 4.31 Å². The minimum absolute atomic E-state index is 0.230. The lowest BCUT2D eigenvalue weighted by Gasteiger charge is -2.26. The SMILES string of the molecule is O=C(O)C(CCCc1c[nH]c2ccccc12)N(c1ccc2c3c(oc2c1)CCCC3)S(=O)O. The van der Waals surface area contributed by atoms with Crippen LogP contribution in [-0.4, -0.2) is 30.9 Å². The van der Waals surface area contributed by atoms with E-state index in [-0.39, 0.29) is 6.42 Å². The maximum absolute atomic E-state index is 12.3. The Morgan fingerprint density at radius 2 is 1.97 bits per heavy atom. The average Bonchev–Trinajstić information content (AvgIpc) is 3.39. The largest absolute Gasteiger partial charge is 0.480 e. The Labute approximate surface area is 193 Å². The standard InChI is InChI=1S/C25H26N2O5S/c28-25(29)22(10-5-6-16-15-26-21-9-3-1-7-18(16)21)27(33(30)31)17-12-13-20-19-8-2-4-11-23(19)32-24(20)14-17/h1,3,7,9,12-15,22,26H,2,4-6,8,10-11H2,(H,28,29)(H,30,31). The summed E-state index contributed by atoms with van der Waals surface area (Å²) in [6.45, 7) is 0. The number of carbonyl (C=O) groups is 1. The number of aryl methyl sites for hydroxylation is 3. The Bertz CT molecular complexity index is 1340. The van der Waals surface area contributed by atoms with Gasteiger partial charge in [0, 0.05) is 40.5 Å². The van der Waals surface area contributed by atoms with Crippen LogP contribution >= 0.6 is 0 Å². The number of hydrogen-bond donors (Lipinski definition) is 3. The summed E-state index contributed by atoms with van der Waals surface area (Å²) in [6.07, 6.45) is 7.46. The van der Waals surface area contributed by atoms with E-state index in [2.05, 4.69) is 4.98 Å². The number of aromatic amines is 1. The first kappa shape index (κ1) is 21.7. The van der Waals surface area contributed by atoms with Gasteiger partial charge in [0.2, 0.25) is 0 Å². The highest BCUT2D eigenvalue weighted by Crippen LogP contribution is 2.35. The molecular formula is C25H26N2O5S. The summed E-state index contributed by atoms with van der Waals surface area (Å²) >= 11 is -2.50. The molecule has 1 aliphatic rings. The monoisotopic (exact) mass is 466 g/mol. The van der Waals surface area contributed by atoms with Gasteiger partial charge >= 0.3 is 5.97 Å². The first-order valence-electron chi connectivity index (χ1n) is 11.2. The molecule has 33 heavy (non-hydrogen) atoms. The van der Waals surface area contributed by atoms with Crippen molar-refractivity contribution >= 4 is 44.8 Å². The number of anilines is 1. The van der Waals surface area contributed by atoms with Gasteiger partial charge in [-0.2, -0.15) is 0 Å². The molecule has 2 heterocycles. The number of aliphatic carboxylic acids is 1. The zero-order chi connectivity index (χ0) is 22.9. The number of benzene rings is 2. The van der Waals surface area contributed by atoms with E-state index in [1.54, 1.807) is 12.1 Å². The number of para-hydroxylation sites is 1. The van der Waals surface area contributed by atoms with Crippen molar-refractivity contribution < 1.29 is 23.1 Å². The first-order valence-corrected chi connectivity index (χ1v) is 12.3. The van der Waals surface area contributed by atoms with E-state index in [0.29, 0.717) is 24.1 Å². The molecule has 2 atom stereocenters. The second kappa shape index (κ2) is 9.03. The Kier molecular flexibility index (Phi) is 5.95. The second-order valence-corrected chi connectivity index (χ2v) is 9.41. The minimum atomic E-state index is -2.50. The van der Waals surface area contributed by atoms with Crippen molar-refractivity contribution in [2.45, 2.75) is 51.0 Å². The molecule has 1 aliphatic carbocycles. The number of nitrogens with zero attached hydrogens (tertiary/aromatic N) is 1. The van der Waals surface area contributed by atoms with Crippen molar-refractivity contribution in [2.24, 2.45) is 0 Å². The van der Waals surface area contributed by atoms with Gasteiger partial charge in [0.25, 0.3) is 11.3 Å². The third-order valence-electron chi connectivity index (χ3n) is 6.53. The zero-order valence-corrected chi connectivity index (χ0v) is 18.9. The van der Waals surface area contributed by atoms with Crippen molar-refractivity contribution in [3.8, 4) is 0 Å². The lowest BCUT2D eigenvalue weighted by atomic mass is 9.96. The molecule has 0 amide bonds. The minimum Gasteiger partial charge on any atom is -0.480 e. The van der Waals surface area contributed by atoms with Crippen LogP contribution < -0.4 is 4.31 Å². The normalized spacial score (nSPS) is 15.4. The summed E-state index contributed by atoms with van der Waals surface area (Å²) in [4.78, 5) is 15.4. The number of rotatable bonds is 8. The maximum Gasteiger partial charge on any atom is 0.327 e. The van der Waals surface area contributed by atoms with Crippen LogP contribution in [0.1, 0.15) is 42.6 Å². The Morgan fingerprint density at radius 3 is 2.79 bits per heavy atom. The first-order chi connectivity index (χ1) is 16.0. The average molecular weight is 467 g/mol. The lowest BCUT2D eigenvalue weighted by molar-refractivity contribution is -0.138. The number of aromatic nitrogens is 1. The Balaban J connectivity index is 1.39. The number of carboxylic acid groups (broad SMARTS) is 1. The molecule has 8 heteroatoms. The fourth-order valence-electron chi connectivity index (χ4n) is 4.93. The maximum atomic E-state index is 12.3. The fourth-order valence-corrected chi connectivity index (χ4v) is 5.64. The van der Waals surface area contributed by atoms with Crippen LogP contribution in [-0.2, 0) is 35.3 Å². The molecule has 0 saturated carbocycles. The van der Waals surface area contributed by atoms with Crippen molar-refractivity contribution in [3.05, 3.63) is 65.5 Å². The molecular weight excluding hydrogens is 440 g/mol. The van der Waals surface area contributed by atoms with E-state index in [4.69, 9.17) is 4.42 Å². The number of H-pyrrole nitrogens is 1. The molecule has 2 aromatic carbocycles. The molecule has 3 N–H and O–H groups in total. The Hall–Kier alpha value is -3.10. The highest BCUT2D eigenvalue weighted by Gasteiger charge is 2.30. The van der Waals surface area contributed by atoms with Gasteiger partial charge in [-0.25, -0.2) is 9.00 Å². The summed E-state index contributed by atoms with van der Waals surface area (Å²) in [5, 5.41) is 12.0. The predicted octanol–water partition coefficient (Wildman–Crippen LogP) is 5.21. The number of carboxylic acids is 1. The molecule has 2 unspecified atom stereocenters. The van der Waals surface area contributed by atoms with Gasteiger partial charge in [-0.3, -0.25) is 8.86 Å². The number of fused-ring (bicyclic) bond motifs is 4. The highest BCUT2D eigenvalue weighted by molar-refractivity contribution is 7.80. The summed E-state index contributed by atoms with van der Waals surface area (Å²) < 4.78 is 29.4. The van der Waals surface area contributed by atoms with E-state index in [1.165, 1.54) is 5.56 Å². The molecule has 0 spiro atoms. The highest BCUT2D eigenvalue weighted by atomic mass is 32.2.